The van der Waals surface area contributed by atoms with Gasteiger partial charge >= 0.3 is 12.2 Å². The maximum atomic E-state index is 12.4. The molecule has 0 spiro atoms. The number of benzene rings is 1. The van der Waals surface area contributed by atoms with Crippen molar-refractivity contribution >= 4 is 11.7 Å². The minimum Gasteiger partial charge on any atom is -0.337 e. The van der Waals surface area contributed by atoms with Crippen molar-refractivity contribution in [2.75, 3.05) is 25.0 Å². The molecule has 1 aromatic rings. The van der Waals surface area contributed by atoms with Crippen LogP contribution in [0.2, 0.25) is 0 Å². The fourth-order valence-corrected chi connectivity index (χ4v) is 2.42. The van der Waals surface area contributed by atoms with Crippen LogP contribution in [0, 0.1) is 5.41 Å². The minimum atomic E-state index is -4.37. The number of urea groups is 1. The molecular weight excluding hydrogens is 295 g/mol. The van der Waals surface area contributed by atoms with Crippen LogP contribution in [-0.4, -0.2) is 25.7 Å². The zero-order chi connectivity index (χ0) is 16.2. The number of hydrogen-bond donors (Lipinski definition) is 3. The largest absolute Gasteiger partial charge is 0.416 e. The van der Waals surface area contributed by atoms with Crippen molar-refractivity contribution in [2.45, 2.75) is 25.9 Å². The molecule has 1 fully saturated rings. The van der Waals surface area contributed by atoms with E-state index in [-0.39, 0.29) is 5.41 Å². The Bertz CT molecular complexity index is 508. The van der Waals surface area contributed by atoms with E-state index in [1.54, 1.807) is 0 Å². The molecule has 122 valence electrons. The zero-order valence-corrected chi connectivity index (χ0v) is 12.4. The molecule has 1 aliphatic heterocycles. The monoisotopic (exact) mass is 315 g/mol. The summed E-state index contributed by atoms with van der Waals surface area (Å²) in [5.41, 5.74) is -0.343. The van der Waals surface area contributed by atoms with Crippen LogP contribution in [0.15, 0.2) is 24.3 Å². The topological polar surface area (TPSA) is 53.2 Å². The molecule has 0 atom stereocenters. The molecule has 0 radical (unpaired) electrons. The van der Waals surface area contributed by atoms with E-state index < -0.39 is 17.8 Å². The lowest BCUT2D eigenvalue weighted by Crippen LogP contribution is -2.43. The number of rotatable bonds is 3. The van der Waals surface area contributed by atoms with Crippen LogP contribution >= 0.6 is 0 Å². The molecule has 2 amide bonds. The van der Waals surface area contributed by atoms with E-state index in [2.05, 4.69) is 22.9 Å². The normalized spacial score (nSPS) is 17.8. The molecule has 0 unspecified atom stereocenters. The summed E-state index contributed by atoms with van der Waals surface area (Å²) >= 11 is 0. The summed E-state index contributed by atoms with van der Waals surface area (Å²) in [6.45, 7) is 4.52. The van der Waals surface area contributed by atoms with E-state index >= 15 is 0 Å². The number of alkyl halides is 3. The number of nitrogens with one attached hydrogen (secondary N) is 3. The van der Waals surface area contributed by atoms with E-state index in [1.165, 1.54) is 12.1 Å². The first-order chi connectivity index (χ1) is 10.3. The fourth-order valence-electron chi connectivity index (χ4n) is 2.42. The predicted molar refractivity (Wildman–Crippen MR) is 78.7 cm³/mol. The third-order valence-corrected chi connectivity index (χ3v) is 3.96. The Morgan fingerprint density at radius 1 is 1.23 bits per heavy atom. The molecule has 2 rings (SSSR count). The average Bonchev–Trinajstić information content (AvgIpc) is 2.46. The molecule has 0 saturated carbocycles. The molecule has 1 heterocycles. The summed E-state index contributed by atoms with van der Waals surface area (Å²) in [6, 6.07) is 3.98. The summed E-state index contributed by atoms with van der Waals surface area (Å²) < 4.78 is 37.3. The quantitative estimate of drug-likeness (QED) is 0.802. The van der Waals surface area contributed by atoms with Gasteiger partial charge in [0.15, 0.2) is 0 Å². The van der Waals surface area contributed by atoms with Crippen LogP contribution in [0.4, 0.5) is 23.7 Å². The minimum absolute atomic E-state index is 0.0583. The van der Waals surface area contributed by atoms with Gasteiger partial charge in [-0.25, -0.2) is 4.79 Å². The molecule has 4 nitrogen and oxygen atoms in total. The van der Waals surface area contributed by atoms with Crippen LogP contribution in [-0.2, 0) is 6.18 Å². The van der Waals surface area contributed by atoms with E-state index in [0.717, 1.165) is 38.1 Å². The second-order valence-corrected chi connectivity index (χ2v) is 5.94. The van der Waals surface area contributed by atoms with Gasteiger partial charge in [-0.2, -0.15) is 13.2 Å². The summed E-state index contributed by atoms with van der Waals surface area (Å²) in [6.07, 6.45) is -2.41. The van der Waals surface area contributed by atoms with Crippen molar-refractivity contribution in [2.24, 2.45) is 5.41 Å². The molecule has 1 aliphatic rings. The lowest BCUT2D eigenvalue weighted by Gasteiger charge is -2.34. The fraction of sp³-hybridized carbons (Fsp3) is 0.533. The van der Waals surface area contributed by atoms with Crippen molar-refractivity contribution in [1.82, 2.24) is 10.6 Å². The van der Waals surface area contributed by atoms with Gasteiger partial charge in [0, 0.05) is 12.2 Å². The Morgan fingerprint density at radius 2 is 1.82 bits per heavy atom. The third-order valence-electron chi connectivity index (χ3n) is 3.96. The molecule has 3 N–H and O–H groups in total. The van der Waals surface area contributed by atoms with Crippen molar-refractivity contribution < 1.29 is 18.0 Å². The van der Waals surface area contributed by atoms with Gasteiger partial charge in [0.25, 0.3) is 0 Å². The Kier molecular flexibility index (Phi) is 4.95. The lowest BCUT2D eigenvalue weighted by atomic mass is 9.81. The number of carbonyl (C=O) groups is 1. The standard InChI is InChI=1S/C15H20F3N3O/c1-14(6-8-19-9-7-14)10-20-13(22)21-12-4-2-11(3-5-12)15(16,17)18/h2-5,19H,6-10H2,1H3,(H2,20,21,22). The first-order valence-corrected chi connectivity index (χ1v) is 7.21. The van der Waals surface area contributed by atoms with Crippen molar-refractivity contribution in [1.29, 1.82) is 0 Å². The number of halogens is 3. The first kappa shape index (κ1) is 16.6. The SMILES string of the molecule is CC1(CNC(=O)Nc2ccc(C(F)(F)F)cc2)CCNCC1. The van der Waals surface area contributed by atoms with E-state index in [1.807, 2.05) is 0 Å². The van der Waals surface area contributed by atoms with Crippen molar-refractivity contribution in [3.8, 4) is 0 Å². The number of anilines is 1. The number of piperidine rings is 1. The molecule has 0 aliphatic carbocycles. The maximum Gasteiger partial charge on any atom is 0.416 e. The van der Waals surface area contributed by atoms with Crippen molar-refractivity contribution in [3.63, 3.8) is 0 Å². The lowest BCUT2D eigenvalue weighted by molar-refractivity contribution is -0.137. The average molecular weight is 315 g/mol. The molecule has 0 aromatic heterocycles. The highest BCUT2D eigenvalue weighted by Crippen LogP contribution is 2.30. The van der Waals surface area contributed by atoms with Gasteiger partial charge < -0.3 is 16.0 Å². The van der Waals surface area contributed by atoms with E-state index in [4.69, 9.17) is 0 Å². The first-order valence-electron chi connectivity index (χ1n) is 7.21. The second kappa shape index (κ2) is 6.56. The number of amides is 2. The summed E-state index contributed by atoms with van der Waals surface area (Å²) in [5, 5.41) is 8.60. The van der Waals surface area contributed by atoms with Crippen LogP contribution in [0.3, 0.4) is 0 Å². The smallest absolute Gasteiger partial charge is 0.337 e. The van der Waals surface area contributed by atoms with Crippen LogP contribution in [0.1, 0.15) is 25.3 Å². The van der Waals surface area contributed by atoms with Gasteiger partial charge in [-0.3, -0.25) is 0 Å². The summed E-state index contributed by atoms with van der Waals surface area (Å²) in [5.74, 6) is 0. The van der Waals surface area contributed by atoms with Crippen molar-refractivity contribution in [3.05, 3.63) is 29.8 Å². The molecule has 1 saturated heterocycles. The van der Waals surface area contributed by atoms with Gasteiger partial charge in [0.1, 0.15) is 0 Å². The highest BCUT2D eigenvalue weighted by Gasteiger charge is 2.30. The number of carbonyl (C=O) groups excluding carboxylic acids is 1. The third kappa shape index (κ3) is 4.62. The van der Waals surface area contributed by atoms with Gasteiger partial charge in [0.2, 0.25) is 0 Å². The van der Waals surface area contributed by atoms with Gasteiger partial charge in [-0.1, -0.05) is 6.92 Å². The molecule has 7 heteroatoms. The summed E-state index contributed by atoms with van der Waals surface area (Å²) in [7, 11) is 0. The Balaban J connectivity index is 1.84. The van der Waals surface area contributed by atoms with Crippen LogP contribution < -0.4 is 16.0 Å². The Morgan fingerprint density at radius 3 is 2.36 bits per heavy atom. The Hall–Kier alpha value is -1.76. The predicted octanol–water partition coefficient (Wildman–Crippen LogP) is 3.22. The van der Waals surface area contributed by atoms with E-state index in [9.17, 15) is 18.0 Å². The van der Waals surface area contributed by atoms with Gasteiger partial charge in [-0.05, 0) is 55.6 Å². The summed E-state index contributed by atoms with van der Waals surface area (Å²) in [4.78, 5) is 11.8. The molecule has 22 heavy (non-hydrogen) atoms. The second-order valence-electron chi connectivity index (χ2n) is 5.94. The van der Waals surface area contributed by atoms with Gasteiger partial charge in [-0.15, -0.1) is 0 Å². The van der Waals surface area contributed by atoms with E-state index in [0.29, 0.717) is 12.2 Å². The van der Waals surface area contributed by atoms with Crippen LogP contribution in [0.25, 0.3) is 0 Å². The van der Waals surface area contributed by atoms with Gasteiger partial charge in [0.05, 0.1) is 5.56 Å². The molecule has 1 aromatic carbocycles. The zero-order valence-electron chi connectivity index (χ0n) is 12.4. The number of hydrogen-bond acceptors (Lipinski definition) is 2. The maximum absolute atomic E-state index is 12.4. The molecule has 0 bridgehead atoms. The highest BCUT2D eigenvalue weighted by atomic mass is 19.4. The van der Waals surface area contributed by atoms with Crippen LogP contribution in [0.5, 0.6) is 0 Å². The molecular formula is C15H20F3N3O. The highest BCUT2D eigenvalue weighted by molar-refractivity contribution is 5.89. The Labute approximate surface area is 127 Å².